The summed E-state index contributed by atoms with van der Waals surface area (Å²) in [7, 11) is 0. The number of nitrogens with one attached hydrogen (secondary N) is 1. The van der Waals surface area contributed by atoms with Crippen molar-refractivity contribution in [3.8, 4) is 22.6 Å². The van der Waals surface area contributed by atoms with E-state index in [0.717, 1.165) is 0 Å². The van der Waals surface area contributed by atoms with E-state index < -0.39 is 18.2 Å². The average molecular weight is 436 g/mol. The van der Waals surface area contributed by atoms with Gasteiger partial charge in [-0.25, -0.2) is 15.1 Å². The number of fused-ring (bicyclic) bond motifs is 1. The van der Waals surface area contributed by atoms with Gasteiger partial charge < -0.3 is 29.8 Å². The number of carbonyl (C=O) groups excluding carboxylic acids is 3. The minimum atomic E-state index is -0.976. The molecule has 0 radical (unpaired) electrons. The smallest absolute Gasteiger partial charge is 0.434 e. The van der Waals surface area contributed by atoms with E-state index in [0.29, 0.717) is 16.7 Å². The fourth-order valence-corrected chi connectivity index (χ4v) is 2.60. The molecule has 0 saturated heterocycles. The van der Waals surface area contributed by atoms with Crippen molar-refractivity contribution in [2.45, 2.75) is 20.3 Å². The first-order valence-corrected chi connectivity index (χ1v) is 9.45. The van der Waals surface area contributed by atoms with Crippen molar-refractivity contribution in [2.75, 3.05) is 32.2 Å². The number of ether oxygens (including phenoxy) is 4. The van der Waals surface area contributed by atoms with Crippen LogP contribution in [0.25, 0.3) is 11.1 Å². The van der Waals surface area contributed by atoms with Crippen LogP contribution in [-0.4, -0.2) is 49.8 Å². The number of rotatable bonds is 9. The van der Waals surface area contributed by atoms with Gasteiger partial charge in [0.1, 0.15) is 5.69 Å². The molecule has 0 aromatic carbocycles. The Bertz CT molecular complexity index is 843. The summed E-state index contributed by atoms with van der Waals surface area (Å²) >= 11 is 0. The third-order valence-electron chi connectivity index (χ3n) is 3.84. The largest absolute Gasteiger partial charge is 0.513 e. The fraction of sp³-hybridized carbons (Fsp3) is 0.350. The zero-order chi connectivity index (χ0) is 22.8. The molecule has 0 bridgehead atoms. The lowest BCUT2D eigenvalue weighted by molar-refractivity contribution is -0.133. The number of hydrogen-bond donors (Lipinski definition) is 3. The molecule has 0 spiro atoms. The van der Waals surface area contributed by atoms with Gasteiger partial charge in [0.15, 0.2) is 11.5 Å². The van der Waals surface area contributed by atoms with E-state index in [1.54, 1.807) is 38.1 Å². The molecule has 0 unspecified atom stereocenters. The Kier molecular flexibility index (Phi) is 8.85. The second-order valence-corrected chi connectivity index (χ2v) is 5.99. The monoisotopic (exact) mass is 436 g/mol. The van der Waals surface area contributed by atoms with Gasteiger partial charge in [-0.05, 0) is 19.4 Å². The first-order chi connectivity index (χ1) is 14.9. The predicted molar refractivity (Wildman–Crippen MR) is 108 cm³/mol. The number of nitrogens with two attached hydrogens (primary N) is 1. The summed E-state index contributed by atoms with van der Waals surface area (Å²) in [6, 6.07) is 6.35. The topological polar surface area (TPSA) is 156 Å². The van der Waals surface area contributed by atoms with E-state index in [-0.39, 0.29) is 50.0 Å². The quantitative estimate of drug-likeness (QED) is 0.302. The SMILES string of the molecule is CCOC(=O)Oc1c2ccc(CC(=O)NOCCO)ccc-2c(OC(=O)OCC)c1N. The highest BCUT2D eigenvalue weighted by atomic mass is 16.7. The normalized spacial score (nSPS) is 10.4. The standard InChI is InChI=1S/C20H24N2O9/c1-3-27-19(25)30-17-13-7-5-12(11-15(24)22-29-10-9-23)6-8-14(13)18(16(17)21)31-20(26)28-4-2/h5-8,23H,3-4,9-11,21H2,1-2H3,(H,22,24). The van der Waals surface area contributed by atoms with Crippen LogP contribution < -0.4 is 20.7 Å². The van der Waals surface area contributed by atoms with Crippen LogP contribution in [0.1, 0.15) is 19.4 Å². The van der Waals surface area contributed by atoms with E-state index in [9.17, 15) is 14.4 Å². The average Bonchev–Trinajstić information content (AvgIpc) is 2.85. The lowest BCUT2D eigenvalue weighted by atomic mass is 10.2. The first kappa shape index (κ1) is 23.7. The number of aliphatic hydroxyl groups is 1. The fourth-order valence-electron chi connectivity index (χ4n) is 2.60. The highest BCUT2D eigenvalue weighted by molar-refractivity contribution is 5.95. The third-order valence-corrected chi connectivity index (χ3v) is 3.84. The first-order valence-electron chi connectivity index (χ1n) is 9.45. The maximum absolute atomic E-state index is 11.9. The number of hydroxylamine groups is 1. The maximum atomic E-state index is 11.9. The Balaban J connectivity index is 2.39. The Morgan fingerprint density at radius 2 is 1.45 bits per heavy atom. The van der Waals surface area contributed by atoms with Crippen molar-refractivity contribution in [1.29, 1.82) is 0 Å². The number of aliphatic hydroxyl groups excluding tert-OH is 1. The number of anilines is 1. The van der Waals surface area contributed by atoms with Gasteiger partial charge >= 0.3 is 12.3 Å². The van der Waals surface area contributed by atoms with E-state index in [2.05, 4.69) is 5.48 Å². The van der Waals surface area contributed by atoms with Crippen LogP contribution in [0.3, 0.4) is 0 Å². The lowest BCUT2D eigenvalue weighted by Crippen LogP contribution is -2.26. The summed E-state index contributed by atoms with van der Waals surface area (Å²) < 4.78 is 20.0. The summed E-state index contributed by atoms with van der Waals surface area (Å²) in [4.78, 5) is 40.4. The molecular formula is C20H24N2O9. The van der Waals surface area contributed by atoms with Crippen molar-refractivity contribution in [2.24, 2.45) is 0 Å². The molecular weight excluding hydrogens is 412 g/mol. The molecule has 2 rings (SSSR count). The van der Waals surface area contributed by atoms with Crippen LogP contribution in [-0.2, 0) is 25.5 Å². The summed E-state index contributed by atoms with van der Waals surface area (Å²) in [5, 5.41) is 8.68. The molecule has 4 N–H and O–H groups in total. The Labute approximate surface area is 178 Å². The highest BCUT2D eigenvalue weighted by Gasteiger charge is 2.28. The van der Waals surface area contributed by atoms with Gasteiger partial charge in [0.2, 0.25) is 5.91 Å². The summed E-state index contributed by atoms with van der Waals surface area (Å²) in [6.07, 6.45) is -1.99. The Morgan fingerprint density at radius 1 is 0.935 bits per heavy atom. The molecule has 1 amide bonds. The second-order valence-electron chi connectivity index (χ2n) is 5.99. The van der Waals surface area contributed by atoms with E-state index in [1.165, 1.54) is 0 Å². The number of amides is 1. The van der Waals surface area contributed by atoms with Crippen LogP contribution in [0.15, 0.2) is 24.3 Å². The van der Waals surface area contributed by atoms with Crippen LogP contribution in [0.2, 0.25) is 0 Å². The van der Waals surface area contributed by atoms with Crippen molar-refractivity contribution >= 4 is 23.9 Å². The third kappa shape index (κ3) is 6.46. The Morgan fingerprint density at radius 3 is 1.90 bits per heavy atom. The molecule has 0 heterocycles. The van der Waals surface area contributed by atoms with E-state index in [1.807, 2.05) is 0 Å². The molecule has 31 heavy (non-hydrogen) atoms. The second kappa shape index (κ2) is 11.6. The predicted octanol–water partition coefficient (Wildman–Crippen LogP) is 2.03. The molecule has 0 aliphatic heterocycles. The van der Waals surface area contributed by atoms with Crippen molar-refractivity contribution in [3.63, 3.8) is 0 Å². The van der Waals surface area contributed by atoms with Gasteiger partial charge in [0, 0.05) is 11.1 Å². The van der Waals surface area contributed by atoms with Gasteiger partial charge in [-0.1, -0.05) is 24.3 Å². The molecule has 168 valence electrons. The van der Waals surface area contributed by atoms with Gasteiger partial charge in [0.25, 0.3) is 0 Å². The van der Waals surface area contributed by atoms with Crippen molar-refractivity contribution < 1.29 is 43.3 Å². The Hall–Kier alpha value is -3.57. The minimum Gasteiger partial charge on any atom is -0.434 e. The summed E-state index contributed by atoms with van der Waals surface area (Å²) in [5.74, 6) is -0.541. The molecule has 0 aromatic rings. The van der Waals surface area contributed by atoms with Crippen LogP contribution in [0, 0.1) is 0 Å². The minimum absolute atomic E-state index is 0.0370. The molecule has 2 aliphatic carbocycles. The van der Waals surface area contributed by atoms with Gasteiger partial charge in [-0.2, -0.15) is 0 Å². The number of carbonyl (C=O) groups is 3. The van der Waals surface area contributed by atoms with Gasteiger partial charge in [-0.15, -0.1) is 0 Å². The van der Waals surface area contributed by atoms with Crippen LogP contribution in [0.4, 0.5) is 15.3 Å². The van der Waals surface area contributed by atoms with E-state index >= 15 is 0 Å². The van der Waals surface area contributed by atoms with Gasteiger partial charge in [-0.3, -0.25) is 9.63 Å². The van der Waals surface area contributed by atoms with Crippen molar-refractivity contribution in [3.05, 3.63) is 29.8 Å². The molecule has 11 heteroatoms. The van der Waals surface area contributed by atoms with Gasteiger partial charge in [0.05, 0.1) is 32.8 Å². The maximum Gasteiger partial charge on any atom is 0.513 e. The molecule has 2 aliphatic rings. The number of hydrogen-bond acceptors (Lipinski definition) is 10. The molecule has 0 saturated carbocycles. The highest BCUT2D eigenvalue weighted by Crippen LogP contribution is 2.50. The van der Waals surface area contributed by atoms with Crippen LogP contribution >= 0.6 is 0 Å². The zero-order valence-electron chi connectivity index (χ0n) is 17.1. The number of nitrogen functional groups attached to an aromatic ring is 1. The molecule has 11 nitrogen and oxygen atoms in total. The van der Waals surface area contributed by atoms with Crippen LogP contribution in [0.5, 0.6) is 11.5 Å². The molecule has 0 fully saturated rings. The lowest BCUT2D eigenvalue weighted by Gasteiger charge is -2.05. The zero-order valence-corrected chi connectivity index (χ0v) is 17.1. The molecule has 0 atom stereocenters. The van der Waals surface area contributed by atoms with Crippen molar-refractivity contribution in [1.82, 2.24) is 5.48 Å². The summed E-state index contributed by atoms with van der Waals surface area (Å²) in [6.45, 7) is 3.15. The van der Waals surface area contributed by atoms with E-state index in [4.69, 9.17) is 34.6 Å². The summed E-state index contributed by atoms with van der Waals surface area (Å²) in [5.41, 5.74) is 9.46. The molecule has 0 aromatic heterocycles.